The predicted octanol–water partition coefficient (Wildman–Crippen LogP) is 4.75. The summed E-state index contributed by atoms with van der Waals surface area (Å²) in [6.07, 6.45) is 7.91. The number of benzene rings is 2. The standard InChI is InChI=1S/C31H38NO5/c33-29(23-15-19-35-20-16-23)37-31(24-9-3-1-4-10-24,25-11-5-2-6-12-25)30(34)36-28-21-26-13-14-27(22-28)32(26)17-7-8-18-32/h1-6,9-12,23,26-28H,7-8,13-22H2/q+1. The summed E-state index contributed by atoms with van der Waals surface area (Å²) < 4.78 is 19.4. The molecule has 6 nitrogen and oxygen atoms in total. The first kappa shape index (κ1) is 24.6. The number of hydrogen-bond donors (Lipinski definition) is 0. The highest BCUT2D eigenvalue weighted by atomic mass is 16.6. The summed E-state index contributed by atoms with van der Waals surface area (Å²) in [5.74, 6) is -1.14. The second-order valence-corrected chi connectivity index (χ2v) is 11.4. The van der Waals surface area contributed by atoms with Gasteiger partial charge in [-0.15, -0.1) is 0 Å². The molecule has 2 aromatic carbocycles. The fourth-order valence-corrected chi connectivity index (χ4v) is 7.62. The van der Waals surface area contributed by atoms with Crippen LogP contribution in [-0.2, 0) is 29.4 Å². The van der Waals surface area contributed by atoms with Gasteiger partial charge in [-0.3, -0.25) is 4.79 Å². The van der Waals surface area contributed by atoms with Gasteiger partial charge >= 0.3 is 11.9 Å². The molecule has 4 aliphatic rings. The molecule has 0 aromatic heterocycles. The highest BCUT2D eigenvalue weighted by Gasteiger charge is 2.57. The average Bonchev–Trinajstić information content (AvgIpc) is 3.49. The zero-order chi connectivity index (χ0) is 25.3. The molecule has 2 bridgehead atoms. The van der Waals surface area contributed by atoms with Gasteiger partial charge in [0.15, 0.2) is 0 Å². The van der Waals surface area contributed by atoms with E-state index in [1.807, 2.05) is 60.7 Å². The maximum absolute atomic E-state index is 14.4. The first-order valence-electron chi connectivity index (χ1n) is 14.1. The van der Waals surface area contributed by atoms with Crippen LogP contribution in [-0.4, -0.2) is 60.9 Å². The van der Waals surface area contributed by atoms with E-state index in [0.717, 1.165) is 12.8 Å². The molecule has 4 fully saturated rings. The molecule has 4 heterocycles. The Morgan fingerprint density at radius 1 is 0.784 bits per heavy atom. The minimum absolute atomic E-state index is 0.150. The normalized spacial score (nSPS) is 27.2. The Morgan fingerprint density at radius 2 is 1.32 bits per heavy atom. The summed E-state index contributed by atoms with van der Waals surface area (Å²) in [6, 6.07) is 19.9. The molecule has 2 unspecified atom stereocenters. The fourth-order valence-electron chi connectivity index (χ4n) is 7.62. The number of nitrogens with zero attached hydrogens (tertiary/aromatic N) is 1. The van der Waals surface area contributed by atoms with E-state index in [4.69, 9.17) is 14.2 Å². The summed E-state index contributed by atoms with van der Waals surface area (Å²) in [5, 5.41) is 0. The van der Waals surface area contributed by atoms with Gasteiger partial charge in [-0.25, -0.2) is 4.79 Å². The molecule has 2 atom stereocenters. The molecule has 37 heavy (non-hydrogen) atoms. The first-order valence-corrected chi connectivity index (χ1v) is 14.1. The van der Waals surface area contributed by atoms with Crippen LogP contribution in [0.5, 0.6) is 0 Å². The van der Waals surface area contributed by atoms with Crippen molar-refractivity contribution >= 4 is 11.9 Å². The van der Waals surface area contributed by atoms with Crippen molar-refractivity contribution in [3.05, 3.63) is 71.8 Å². The van der Waals surface area contributed by atoms with Crippen molar-refractivity contribution in [3.8, 4) is 0 Å². The molecule has 0 radical (unpaired) electrons. The number of quaternary nitrogens is 1. The van der Waals surface area contributed by atoms with Crippen LogP contribution in [0.3, 0.4) is 0 Å². The zero-order valence-electron chi connectivity index (χ0n) is 21.6. The van der Waals surface area contributed by atoms with Crippen LogP contribution in [0.1, 0.15) is 62.5 Å². The van der Waals surface area contributed by atoms with Gasteiger partial charge in [0, 0.05) is 62.9 Å². The lowest BCUT2D eigenvalue weighted by Gasteiger charge is -2.47. The van der Waals surface area contributed by atoms with Crippen molar-refractivity contribution in [3.63, 3.8) is 0 Å². The van der Waals surface area contributed by atoms with Crippen LogP contribution < -0.4 is 0 Å². The van der Waals surface area contributed by atoms with Gasteiger partial charge in [-0.2, -0.15) is 0 Å². The van der Waals surface area contributed by atoms with Gasteiger partial charge in [0.1, 0.15) is 6.10 Å². The SMILES string of the molecule is O=C(OC(C(=O)OC1CC2CCC(C1)[N+]21CCCC1)(c1ccccc1)c1ccccc1)C1CCOCC1. The molecule has 2 aromatic rings. The third-order valence-electron chi connectivity index (χ3n) is 9.49. The molecule has 0 saturated carbocycles. The van der Waals surface area contributed by atoms with Crippen LogP contribution in [0.4, 0.5) is 0 Å². The van der Waals surface area contributed by atoms with Crippen molar-refractivity contribution in [2.45, 2.75) is 75.2 Å². The smallest absolute Gasteiger partial charge is 0.360 e. The van der Waals surface area contributed by atoms with E-state index in [1.165, 1.54) is 43.3 Å². The second kappa shape index (κ2) is 10.2. The number of piperidine rings is 1. The van der Waals surface area contributed by atoms with Crippen molar-refractivity contribution in [1.29, 1.82) is 0 Å². The summed E-state index contributed by atoms with van der Waals surface area (Å²) in [6.45, 7) is 3.60. The van der Waals surface area contributed by atoms with Crippen LogP contribution in [0.2, 0.25) is 0 Å². The quantitative estimate of drug-likeness (QED) is 0.420. The van der Waals surface area contributed by atoms with Gasteiger partial charge in [0.2, 0.25) is 0 Å². The zero-order valence-corrected chi connectivity index (χ0v) is 21.6. The predicted molar refractivity (Wildman–Crippen MR) is 138 cm³/mol. The summed E-state index contributed by atoms with van der Waals surface area (Å²) in [5.41, 5.74) is -0.407. The van der Waals surface area contributed by atoms with Crippen molar-refractivity contribution in [1.82, 2.24) is 0 Å². The minimum atomic E-state index is -1.64. The lowest BCUT2D eigenvalue weighted by molar-refractivity contribution is -0.956. The van der Waals surface area contributed by atoms with Gasteiger partial charge in [-0.1, -0.05) is 60.7 Å². The molecule has 4 aliphatic heterocycles. The number of ether oxygens (including phenoxy) is 3. The lowest BCUT2D eigenvalue weighted by atomic mass is 9.85. The van der Waals surface area contributed by atoms with Crippen LogP contribution >= 0.6 is 0 Å². The largest absolute Gasteiger partial charge is 0.458 e. The summed E-state index contributed by atoms with van der Waals surface area (Å²) in [4.78, 5) is 27.9. The molecule has 0 aliphatic carbocycles. The van der Waals surface area contributed by atoms with E-state index in [0.29, 0.717) is 49.3 Å². The fraction of sp³-hybridized carbons (Fsp3) is 0.548. The topological polar surface area (TPSA) is 61.8 Å². The molecular formula is C31H38NO5+. The Balaban J connectivity index is 1.33. The van der Waals surface area contributed by atoms with E-state index < -0.39 is 11.6 Å². The van der Waals surface area contributed by atoms with Crippen LogP contribution in [0.15, 0.2) is 60.7 Å². The van der Waals surface area contributed by atoms with Crippen molar-refractivity contribution < 1.29 is 28.3 Å². The molecule has 6 heteroatoms. The van der Waals surface area contributed by atoms with E-state index in [9.17, 15) is 9.59 Å². The minimum Gasteiger partial charge on any atom is -0.458 e. The number of carbonyl (C=O) groups excluding carboxylic acids is 2. The third kappa shape index (κ3) is 4.38. The highest BCUT2D eigenvalue weighted by molar-refractivity contribution is 5.89. The Hall–Kier alpha value is -2.70. The van der Waals surface area contributed by atoms with E-state index >= 15 is 0 Å². The van der Waals surface area contributed by atoms with Gasteiger partial charge in [0.05, 0.1) is 31.1 Å². The Morgan fingerprint density at radius 3 is 1.86 bits per heavy atom. The van der Waals surface area contributed by atoms with Gasteiger partial charge in [-0.05, 0) is 12.8 Å². The highest BCUT2D eigenvalue weighted by Crippen LogP contribution is 2.47. The Bertz CT molecular complexity index is 1040. The lowest BCUT2D eigenvalue weighted by Crippen LogP contribution is -2.60. The molecule has 196 valence electrons. The number of hydrogen-bond acceptors (Lipinski definition) is 5. The maximum Gasteiger partial charge on any atom is 0.360 e. The third-order valence-corrected chi connectivity index (χ3v) is 9.49. The maximum atomic E-state index is 14.4. The molecular weight excluding hydrogens is 466 g/mol. The molecule has 6 rings (SSSR count). The second-order valence-electron chi connectivity index (χ2n) is 11.4. The van der Waals surface area contributed by atoms with Gasteiger partial charge in [0.25, 0.3) is 5.60 Å². The number of esters is 2. The molecule has 4 saturated heterocycles. The monoisotopic (exact) mass is 504 g/mol. The first-order chi connectivity index (χ1) is 18.1. The van der Waals surface area contributed by atoms with Crippen LogP contribution in [0, 0.1) is 5.92 Å². The number of carbonyl (C=O) groups is 2. The van der Waals surface area contributed by atoms with Crippen molar-refractivity contribution in [2.24, 2.45) is 5.92 Å². The molecule has 0 amide bonds. The summed E-state index contributed by atoms with van der Waals surface area (Å²) >= 11 is 0. The van der Waals surface area contributed by atoms with Crippen molar-refractivity contribution in [2.75, 3.05) is 26.3 Å². The van der Waals surface area contributed by atoms with Gasteiger partial charge < -0.3 is 18.7 Å². The van der Waals surface area contributed by atoms with E-state index in [-0.39, 0.29) is 18.0 Å². The summed E-state index contributed by atoms with van der Waals surface area (Å²) in [7, 11) is 0. The molecule has 0 N–H and O–H groups in total. The Labute approximate surface area is 219 Å². The molecule has 1 spiro atoms. The number of rotatable bonds is 6. The average molecular weight is 505 g/mol. The van der Waals surface area contributed by atoms with E-state index in [2.05, 4.69) is 0 Å². The Kier molecular flexibility index (Phi) is 6.80. The van der Waals surface area contributed by atoms with E-state index in [1.54, 1.807) is 0 Å². The van der Waals surface area contributed by atoms with Crippen LogP contribution in [0.25, 0.3) is 0 Å².